The van der Waals surface area contributed by atoms with Crippen molar-refractivity contribution in [3.8, 4) is 11.3 Å². The monoisotopic (exact) mass is 395 g/mol. The summed E-state index contributed by atoms with van der Waals surface area (Å²) in [5, 5.41) is 0. The van der Waals surface area contributed by atoms with Crippen LogP contribution in [-0.4, -0.2) is 4.98 Å². The van der Waals surface area contributed by atoms with Gasteiger partial charge in [-0.2, -0.15) is 0 Å². The van der Waals surface area contributed by atoms with Gasteiger partial charge in [0.15, 0.2) is 0 Å². The Labute approximate surface area is 177 Å². The maximum Gasteiger partial charge on any atom is 0.132 e. The van der Waals surface area contributed by atoms with Crippen LogP contribution in [0.1, 0.15) is 102 Å². The quantitative estimate of drug-likeness (QED) is 0.368. The van der Waals surface area contributed by atoms with E-state index in [4.69, 9.17) is 0 Å². The molecule has 1 heterocycles. The van der Waals surface area contributed by atoms with Crippen molar-refractivity contribution in [2.45, 2.75) is 96.8 Å². The fourth-order valence-corrected chi connectivity index (χ4v) is 4.85. The molecule has 0 spiro atoms. The van der Waals surface area contributed by atoms with Crippen molar-refractivity contribution >= 4 is 0 Å². The molecule has 1 aromatic carbocycles. The molecule has 0 atom stereocenters. The van der Waals surface area contributed by atoms with E-state index >= 15 is 0 Å². The standard InChI is InChI=1S/C27H38FN/c1-3-5-6-7-8-10-22-13-17-25(26(28)19-22)27-18-16-24(20-29-27)23-14-11-21(9-4-2)12-15-23/h13,16-21,23H,3-12,14-15H2,1-2H3/t21-,23-. The van der Waals surface area contributed by atoms with E-state index in [1.807, 2.05) is 18.3 Å². The van der Waals surface area contributed by atoms with Crippen molar-refractivity contribution in [3.63, 3.8) is 0 Å². The minimum atomic E-state index is -0.142. The summed E-state index contributed by atoms with van der Waals surface area (Å²) in [6.07, 6.45) is 17.1. The highest BCUT2D eigenvalue weighted by Gasteiger charge is 2.22. The number of nitrogens with zero attached hydrogens (tertiary/aromatic N) is 1. The Kier molecular flexibility index (Phi) is 8.70. The van der Waals surface area contributed by atoms with Crippen LogP contribution in [0.2, 0.25) is 0 Å². The van der Waals surface area contributed by atoms with Crippen molar-refractivity contribution in [3.05, 3.63) is 53.5 Å². The van der Waals surface area contributed by atoms with E-state index in [2.05, 4.69) is 31.0 Å². The number of pyridine rings is 1. The molecule has 1 nitrogen and oxygen atoms in total. The Bertz CT molecular complexity index is 729. The highest BCUT2D eigenvalue weighted by atomic mass is 19.1. The third-order valence-electron chi connectivity index (χ3n) is 6.68. The molecule has 3 rings (SSSR count). The molecule has 1 aromatic heterocycles. The molecule has 0 aliphatic heterocycles. The molecular weight excluding hydrogens is 357 g/mol. The predicted molar refractivity (Wildman–Crippen MR) is 122 cm³/mol. The number of hydrogen-bond acceptors (Lipinski definition) is 1. The lowest BCUT2D eigenvalue weighted by Crippen LogP contribution is -2.13. The molecule has 0 bridgehead atoms. The van der Waals surface area contributed by atoms with Crippen LogP contribution in [0.15, 0.2) is 36.5 Å². The zero-order chi connectivity index (χ0) is 20.5. The lowest BCUT2D eigenvalue weighted by atomic mass is 9.77. The largest absolute Gasteiger partial charge is 0.256 e. The van der Waals surface area contributed by atoms with Gasteiger partial charge in [0.1, 0.15) is 5.82 Å². The minimum absolute atomic E-state index is 0.142. The number of benzene rings is 1. The van der Waals surface area contributed by atoms with E-state index in [1.165, 1.54) is 69.8 Å². The molecule has 0 radical (unpaired) electrons. The highest BCUT2D eigenvalue weighted by Crippen LogP contribution is 2.37. The van der Waals surface area contributed by atoms with Gasteiger partial charge in [-0.05, 0) is 79.7 Å². The molecule has 0 unspecified atom stereocenters. The average Bonchev–Trinajstić information content (AvgIpc) is 2.75. The molecule has 0 saturated heterocycles. The predicted octanol–water partition coefficient (Wildman–Crippen LogP) is 8.47. The van der Waals surface area contributed by atoms with Gasteiger partial charge in [0.05, 0.1) is 5.69 Å². The van der Waals surface area contributed by atoms with E-state index in [0.717, 1.165) is 30.0 Å². The summed E-state index contributed by atoms with van der Waals surface area (Å²) < 4.78 is 14.7. The molecule has 2 heteroatoms. The topological polar surface area (TPSA) is 12.9 Å². The first-order valence-electron chi connectivity index (χ1n) is 12.0. The van der Waals surface area contributed by atoms with E-state index in [0.29, 0.717) is 11.5 Å². The smallest absolute Gasteiger partial charge is 0.132 e. The number of hydrogen-bond donors (Lipinski definition) is 0. The van der Waals surface area contributed by atoms with E-state index in [-0.39, 0.29) is 5.82 Å². The zero-order valence-corrected chi connectivity index (χ0v) is 18.4. The van der Waals surface area contributed by atoms with Gasteiger partial charge in [-0.3, -0.25) is 4.98 Å². The second kappa shape index (κ2) is 11.5. The number of unbranched alkanes of at least 4 members (excludes halogenated alkanes) is 4. The Hall–Kier alpha value is -1.70. The Morgan fingerprint density at radius 1 is 0.897 bits per heavy atom. The Balaban J connectivity index is 1.57. The Morgan fingerprint density at radius 2 is 1.69 bits per heavy atom. The summed E-state index contributed by atoms with van der Waals surface area (Å²) in [5.41, 5.74) is 3.80. The number of aromatic nitrogens is 1. The van der Waals surface area contributed by atoms with Crippen LogP contribution in [0.4, 0.5) is 4.39 Å². The third-order valence-corrected chi connectivity index (χ3v) is 6.68. The fourth-order valence-electron chi connectivity index (χ4n) is 4.85. The zero-order valence-electron chi connectivity index (χ0n) is 18.4. The van der Waals surface area contributed by atoms with Crippen LogP contribution in [0, 0.1) is 11.7 Å². The second-order valence-corrected chi connectivity index (χ2v) is 8.96. The third kappa shape index (κ3) is 6.39. The molecule has 0 amide bonds. The summed E-state index contributed by atoms with van der Waals surface area (Å²) in [7, 11) is 0. The summed E-state index contributed by atoms with van der Waals surface area (Å²) in [6, 6.07) is 9.88. The van der Waals surface area contributed by atoms with Gasteiger partial charge >= 0.3 is 0 Å². The molecule has 2 aromatic rings. The first kappa shape index (κ1) is 22.0. The van der Waals surface area contributed by atoms with Gasteiger partial charge in [0.25, 0.3) is 0 Å². The van der Waals surface area contributed by atoms with Gasteiger partial charge in [-0.15, -0.1) is 0 Å². The molecule has 1 saturated carbocycles. The molecule has 0 N–H and O–H groups in total. The van der Waals surface area contributed by atoms with Gasteiger partial charge in [0, 0.05) is 11.8 Å². The normalized spacial score (nSPS) is 19.4. The SMILES string of the molecule is CCCCCCCc1ccc(-c2ccc([C@H]3CC[C@H](CCC)CC3)cn2)c(F)c1. The van der Waals surface area contributed by atoms with Crippen LogP contribution in [0.25, 0.3) is 11.3 Å². The van der Waals surface area contributed by atoms with Crippen molar-refractivity contribution in [2.75, 3.05) is 0 Å². The minimum Gasteiger partial charge on any atom is -0.256 e. The van der Waals surface area contributed by atoms with Crippen molar-refractivity contribution in [1.82, 2.24) is 4.98 Å². The van der Waals surface area contributed by atoms with Crippen LogP contribution in [0.5, 0.6) is 0 Å². The second-order valence-electron chi connectivity index (χ2n) is 8.96. The average molecular weight is 396 g/mol. The summed E-state index contributed by atoms with van der Waals surface area (Å²) >= 11 is 0. The van der Waals surface area contributed by atoms with Crippen molar-refractivity contribution < 1.29 is 4.39 Å². The molecule has 158 valence electrons. The maximum absolute atomic E-state index is 14.7. The van der Waals surface area contributed by atoms with Gasteiger partial charge < -0.3 is 0 Å². The molecule has 1 fully saturated rings. The molecule has 29 heavy (non-hydrogen) atoms. The first-order valence-corrected chi connectivity index (χ1v) is 12.0. The molecular formula is C27H38FN. The molecule has 1 aliphatic carbocycles. The van der Waals surface area contributed by atoms with Crippen LogP contribution < -0.4 is 0 Å². The summed E-state index contributed by atoms with van der Waals surface area (Å²) in [5.74, 6) is 1.41. The van der Waals surface area contributed by atoms with Gasteiger partial charge in [-0.25, -0.2) is 4.39 Å². The summed E-state index contributed by atoms with van der Waals surface area (Å²) in [6.45, 7) is 4.51. The number of halogens is 1. The lowest BCUT2D eigenvalue weighted by Gasteiger charge is -2.28. The van der Waals surface area contributed by atoms with Gasteiger partial charge in [0.2, 0.25) is 0 Å². The van der Waals surface area contributed by atoms with E-state index in [9.17, 15) is 4.39 Å². The van der Waals surface area contributed by atoms with Crippen LogP contribution in [-0.2, 0) is 6.42 Å². The fraction of sp³-hybridized carbons (Fsp3) is 0.593. The number of rotatable bonds is 10. The molecule has 1 aliphatic rings. The van der Waals surface area contributed by atoms with Crippen molar-refractivity contribution in [2.24, 2.45) is 5.92 Å². The maximum atomic E-state index is 14.7. The highest BCUT2D eigenvalue weighted by molar-refractivity contribution is 5.60. The number of aryl methyl sites for hydroxylation is 1. The van der Waals surface area contributed by atoms with Crippen LogP contribution >= 0.6 is 0 Å². The Morgan fingerprint density at radius 3 is 2.34 bits per heavy atom. The summed E-state index contributed by atoms with van der Waals surface area (Å²) in [4.78, 5) is 4.63. The van der Waals surface area contributed by atoms with Crippen molar-refractivity contribution in [1.29, 1.82) is 0 Å². The van der Waals surface area contributed by atoms with E-state index < -0.39 is 0 Å². The first-order chi connectivity index (χ1) is 14.2. The lowest BCUT2D eigenvalue weighted by molar-refractivity contribution is 0.308. The van der Waals surface area contributed by atoms with Crippen LogP contribution in [0.3, 0.4) is 0 Å². The van der Waals surface area contributed by atoms with Gasteiger partial charge in [-0.1, -0.05) is 64.5 Å². The van der Waals surface area contributed by atoms with E-state index in [1.54, 1.807) is 6.07 Å².